The number of halogens is 2. The third-order valence-corrected chi connectivity index (χ3v) is 3.96. The zero-order chi connectivity index (χ0) is 17.1. The SMILES string of the molecule is C[Si](C)=[Zr+2].Cc1cc2c(-c3ccc4ccccc4c3)cccc2[cH-]1.[Cl-].[Cl-]. The van der Waals surface area contributed by atoms with Crippen LogP contribution in [0.25, 0.3) is 32.7 Å². The molecule has 0 radical (unpaired) electrons. The van der Waals surface area contributed by atoms with E-state index in [9.17, 15) is 0 Å². The molecule has 0 bridgehead atoms. The Hall–Kier alpha value is -0.790. The van der Waals surface area contributed by atoms with E-state index in [2.05, 4.69) is 92.8 Å². The molecular formula is C22H21Cl2SiZr-. The van der Waals surface area contributed by atoms with Crippen LogP contribution in [-0.2, 0) is 23.3 Å². The average molecular weight is 476 g/mol. The van der Waals surface area contributed by atoms with Gasteiger partial charge in [-0.2, -0.15) is 6.07 Å². The minimum absolute atomic E-state index is 0. The fraction of sp³-hybridized carbons (Fsp3) is 0.136. The van der Waals surface area contributed by atoms with Crippen LogP contribution >= 0.6 is 0 Å². The van der Waals surface area contributed by atoms with Crippen LogP contribution in [0.15, 0.2) is 72.8 Å². The standard InChI is InChI=1S/C20H15.C2H6Si.2ClH.Zr/c1-14-11-17-7-4-8-19(20(17)12-14)18-10-9-15-5-2-3-6-16(15)13-18;1-3-2;;;/h2-13H,1H3;1-2H3;2*1H;/q-1;;;;+2/p-2. The molecule has 0 N–H and O–H groups in total. The van der Waals surface area contributed by atoms with Crippen LogP contribution in [0.5, 0.6) is 0 Å². The van der Waals surface area contributed by atoms with Crippen LogP contribution in [-0.4, -0.2) is 5.43 Å². The molecule has 132 valence electrons. The Balaban J connectivity index is 0.000000516. The fourth-order valence-corrected chi connectivity index (χ4v) is 2.99. The average Bonchev–Trinajstić information content (AvgIpc) is 2.94. The van der Waals surface area contributed by atoms with Crippen LogP contribution < -0.4 is 24.8 Å². The van der Waals surface area contributed by atoms with Gasteiger partial charge in [-0.15, -0.1) is 34.5 Å². The summed E-state index contributed by atoms with van der Waals surface area (Å²) in [4.78, 5) is 0. The third kappa shape index (κ3) is 5.60. The molecule has 4 aromatic carbocycles. The van der Waals surface area contributed by atoms with Crippen molar-refractivity contribution in [2.24, 2.45) is 0 Å². The van der Waals surface area contributed by atoms with Gasteiger partial charge in [-0.1, -0.05) is 55.0 Å². The molecule has 0 amide bonds. The van der Waals surface area contributed by atoms with Crippen molar-refractivity contribution < 1.29 is 48.1 Å². The third-order valence-electron chi connectivity index (χ3n) is 3.96. The summed E-state index contributed by atoms with van der Waals surface area (Å²) in [6.45, 7) is 6.77. The molecule has 0 aliphatic carbocycles. The van der Waals surface area contributed by atoms with Crippen LogP contribution in [0.4, 0.5) is 0 Å². The smallest absolute Gasteiger partial charge is 0.0178 e. The first-order valence-electron chi connectivity index (χ1n) is 8.21. The van der Waals surface area contributed by atoms with Gasteiger partial charge in [0.05, 0.1) is 0 Å². The predicted molar refractivity (Wildman–Crippen MR) is 105 cm³/mol. The topological polar surface area (TPSA) is 0 Å². The Kier molecular flexibility index (Phi) is 9.41. The van der Waals surface area contributed by atoms with Gasteiger partial charge in [0.25, 0.3) is 0 Å². The van der Waals surface area contributed by atoms with Crippen molar-refractivity contribution >= 4 is 27.0 Å². The van der Waals surface area contributed by atoms with Crippen LogP contribution in [0.2, 0.25) is 13.1 Å². The summed E-state index contributed by atoms with van der Waals surface area (Å²) >= 11 is 1.74. The molecule has 4 heteroatoms. The number of hydrogen-bond donors (Lipinski definition) is 0. The van der Waals surface area contributed by atoms with Crippen LogP contribution in [0.1, 0.15) is 5.56 Å². The number of hydrogen-bond acceptors (Lipinski definition) is 0. The van der Waals surface area contributed by atoms with Crippen molar-refractivity contribution in [3.05, 3.63) is 78.4 Å². The Labute approximate surface area is 183 Å². The number of benzene rings is 3. The van der Waals surface area contributed by atoms with E-state index >= 15 is 0 Å². The molecule has 0 spiro atoms. The molecule has 0 unspecified atom stereocenters. The van der Waals surface area contributed by atoms with Gasteiger partial charge in [0.15, 0.2) is 0 Å². The quantitative estimate of drug-likeness (QED) is 0.278. The summed E-state index contributed by atoms with van der Waals surface area (Å²) < 4.78 is 0. The maximum Gasteiger partial charge on any atom is -0.0178 e. The summed E-state index contributed by atoms with van der Waals surface area (Å²) in [5, 5.41) is 5.26. The summed E-state index contributed by atoms with van der Waals surface area (Å²) in [5.74, 6) is 0. The van der Waals surface area contributed by atoms with Crippen molar-refractivity contribution in [2.75, 3.05) is 0 Å². The Morgan fingerprint density at radius 3 is 2.15 bits per heavy atom. The molecule has 0 nitrogen and oxygen atoms in total. The molecule has 0 fully saturated rings. The van der Waals surface area contributed by atoms with Gasteiger partial charge in [-0.05, 0) is 22.4 Å². The second kappa shape index (κ2) is 10.5. The Morgan fingerprint density at radius 1 is 0.808 bits per heavy atom. The largest absolute Gasteiger partial charge is 1.00 e. The molecule has 0 aromatic heterocycles. The van der Waals surface area contributed by atoms with Crippen LogP contribution in [0, 0.1) is 6.92 Å². The molecule has 4 rings (SSSR count). The summed E-state index contributed by atoms with van der Waals surface area (Å²) in [6.07, 6.45) is 0. The number of fused-ring (bicyclic) bond motifs is 2. The van der Waals surface area contributed by atoms with Gasteiger partial charge in [-0.25, -0.2) is 0 Å². The van der Waals surface area contributed by atoms with Crippen LogP contribution in [0.3, 0.4) is 0 Å². The van der Waals surface area contributed by atoms with E-state index in [1.54, 1.807) is 23.3 Å². The molecule has 0 saturated heterocycles. The van der Waals surface area contributed by atoms with Crippen molar-refractivity contribution in [3.8, 4) is 11.1 Å². The molecule has 4 aromatic rings. The van der Waals surface area contributed by atoms with Gasteiger partial charge in [-0.3, -0.25) is 0 Å². The van der Waals surface area contributed by atoms with E-state index in [0.717, 1.165) is 0 Å². The maximum atomic E-state index is 2.31. The van der Waals surface area contributed by atoms with Crippen molar-refractivity contribution in [1.29, 1.82) is 0 Å². The van der Waals surface area contributed by atoms with E-state index in [4.69, 9.17) is 0 Å². The second-order valence-corrected chi connectivity index (χ2v) is 15.8. The van der Waals surface area contributed by atoms with Gasteiger partial charge in [0.1, 0.15) is 0 Å². The molecule has 0 aliphatic heterocycles. The minimum atomic E-state index is 0. The Morgan fingerprint density at radius 2 is 1.46 bits per heavy atom. The predicted octanol–water partition coefficient (Wildman–Crippen LogP) is 0.480. The number of rotatable bonds is 1. The summed E-state index contributed by atoms with van der Waals surface area (Å²) in [6, 6.07) is 26.3. The molecule has 26 heavy (non-hydrogen) atoms. The van der Waals surface area contributed by atoms with Gasteiger partial charge >= 0.3 is 41.9 Å². The minimum Gasteiger partial charge on any atom is -1.00 e. The zero-order valence-electron chi connectivity index (χ0n) is 15.2. The number of aryl methyl sites for hydroxylation is 1. The van der Waals surface area contributed by atoms with Crippen molar-refractivity contribution in [2.45, 2.75) is 20.0 Å². The van der Waals surface area contributed by atoms with E-state index < -0.39 is 0 Å². The second-order valence-electron chi connectivity index (χ2n) is 6.40. The molecule has 0 atom stereocenters. The van der Waals surface area contributed by atoms with Crippen molar-refractivity contribution in [1.82, 2.24) is 0 Å². The zero-order valence-corrected chi connectivity index (χ0v) is 20.2. The molecule has 0 aliphatic rings. The van der Waals surface area contributed by atoms with E-state index in [0.29, 0.717) is 0 Å². The normalized spacial score (nSPS) is 9.73. The summed E-state index contributed by atoms with van der Waals surface area (Å²) in [5.41, 5.74) is 4.15. The first-order chi connectivity index (χ1) is 11.5. The van der Waals surface area contributed by atoms with Gasteiger partial charge < -0.3 is 24.8 Å². The maximum absolute atomic E-state index is 2.31. The van der Waals surface area contributed by atoms with E-state index in [1.165, 1.54) is 38.2 Å². The molecule has 0 saturated carbocycles. The van der Waals surface area contributed by atoms with Crippen molar-refractivity contribution in [3.63, 3.8) is 0 Å². The monoisotopic (exact) mass is 473 g/mol. The summed E-state index contributed by atoms with van der Waals surface area (Å²) in [7, 11) is 0. The fourth-order valence-electron chi connectivity index (χ4n) is 2.99. The van der Waals surface area contributed by atoms with Gasteiger partial charge in [0, 0.05) is 0 Å². The Bertz CT molecular complexity index is 1020. The first kappa shape index (κ1) is 23.2. The van der Waals surface area contributed by atoms with Gasteiger partial charge in [0.2, 0.25) is 0 Å². The molecular weight excluding hydrogens is 454 g/mol. The van der Waals surface area contributed by atoms with E-state index in [1.807, 2.05) is 0 Å². The molecule has 0 heterocycles. The van der Waals surface area contributed by atoms with E-state index in [-0.39, 0.29) is 30.2 Å². The first-order valence-corrected chi connectivity index (χ1v) is 14.4.